The van der Waals surface area contributed by atoms with Gasteiger partial charge in [-0.3, -0.25) is 10.2 Å². The first-order valence-corrected chi connectivity index (χ1v) is 7.07. The van der Waals surface area contributed by atoms with E-state index in [0.717, 1.165) is 17.9 Å². The van der Waals surface area contributed by atoms with Gasteiger partial charge in [0.1, 0.15) is 0 Å². The van der Waals surface area contributed by atoms with Crippen molar-refractivity contribution in [2.75, 3.05) is 24.2 Å². The van der Waals surface area contributed by atoms with Crippen LogP contribution in [0, 0.1) is 5.41 Å². The molecule has 0 spiro atoms. The van der Waals surface area contributed by atoms with E-state index in [0.29, 0.717) is 17.4 Å². The number of aliphatic hydroxyl groups excluding tert-OH is 1. The Kier molecular flexibility index (Phi) is 4.44. The maximum atomic E-state index is 11.0. The number of anilines is 1. The molecule has 102 valence electrons. The van der Waals surface area contributed by atoms with E-state index in [2.05, 4.69) is 5.32 Å². The number of amidine groups is 1. The van der Waals surface area contributed by atoms with Crippen LogP contribution in [0.15, 0.2) is 24.3 Å². The number of nitrogens with zero attached hydrogens (tertiary/aromatic N) is 1. The van der Waals surface area contributed by atoms with E-state index in [1.165, 1.54) is 18.7 Å². The number of carbonyl (C=O) groups excluding carboxylic acids is 1. The van der Waals surface area contributed by atoms with Gasteiger partial charge in [-0.05, 0) is 17.7 Å². The number of rotatable bonds is 4. The van der Waals surface area contributed by atoms with Crippen LogP contribution in [0.3, 0.4) is 0 Å². The fourth-order valence-electron chi connectivity index (χ4n) is 1.96. The summed E-state index contributed by atoms with van der Waals surface area (Å²) in [7, 11) is 0. The normalized spacial score (nSPS) is 16.5. The molecule has 0 radical (unpaired) electrons. The number of benzene rings is 1. The lowest BCUT2D eigenvalue weighted by Crippen LogP contribution is -2.29. The molecule has 2 rings (SSSR count). The van der Waals surface area contributed by atoms with E-state index in [1.807, 2.05) is 11.0 Å². The summed E-state index contributed by atoms with van der Waals surface area (Å²) in [5.41, 5.74) is 1.42. The number of amides is 1. The fraction of sp³-hybridized carbons (Fsp3) is 0.385. The van der Waals surface area contributed by atoms with Crippen molar-refractivity contribution in [3.05, 3.63) is 29.8 Å². The van der Waals surface area contributed by atoms with Crippen molar-refractivity contribution in [2.45, 2.75) is 13.0 Å². The predicted octanol–water partition coefficient (Wildman–Crippen LogP) is 1.66. The van der Waals surface area contributed by atoms with Crippen LogP contribution in [-0.4, -0.2) is 39.9 Å². The Balaban J connectivity index is 2.03. The summed E-state index contributed by atoms with van der Waals surface area (Å²) in [5.74, 6) is 0.765. The molecule has 0 saturated carbocycles. The summed E-state index contributed by atoms with van der Waals surface area (Å²) in [6.45, 7) is 2.66. The molecule has 1 aliphatic rings. The van der Waals surface area contributed by atoms with Gasteiger partial charge in [0.05, 0.1) is 6.10 Å². The van der Waals surface area contributed by atoms with Gasteiger partial charge in [0.15, 0.2) is 5.17 Å². The minimum absolute atomic E-state index is 0.135. The summed E-state index contributed by atoms with van der Waals surface area (Å²) in [5, 5.41) is 21.1. The lowest BCUT2D eigenvalue weighted by Gasteiger charge is -2.21. The average Bonchev–Trinajstić information content (AvgIpc) is 2.74. The monoisotopic (exact) mass is 279 g/mol. The lowest BCUT2D eigenvalue weighted by atomic mass is 10.1. The van der Waals surface area contributed by atoms with Crippen LogP contribution in [0.1, 0.15) is 18.6 Å². The van der Waals surface area contributed by atoms with Gasteiger partial charge in [-0.25, -0.2) is 0 Å². The van der Waals surface area contributed by atoms with Crippen LogP contribution in [0.2, 0.25) is 0 Å². The van der Waals surface area contributed by atoms with Crippen LogP contribution in [0.25, 0.3) is 0 Å². The Hall–Kier alpha value is -1.53. The van der Waals surface area contributed by atoms with Crippen molar-refractivity contribution in [1.82, 2.24) is 4.90 Å². The van der Waals surface area contributed by atoms with E-state index in [4.69, 9.17) is 5.41 Å². The predicted molar refractivity (Wildman–Crippen MR) is 77.5 cm³/mol. The minimum atomic E-state index is -0.659. The molecular formula is C13H17N3O2S. The molecule has 1 aromatic carbocycles. The molecule has 1 atom stereocenters. The van der Waals surface area contributed by atoms with Gasteiger partial charge in [0.2, 0.25) is 5.91 Å². The number of aliphatic hydroxyl groups is 1. The highest BCUT2D eigenvalue weighted by Gasteiger charge is 2.21. The average molecular weight is 279 g/mol. The van der Waals surface area contributed by atoms with E-state index in [-0.39, 0.29) is 5.91 Å². The van der Waals surface area contributed by atoms with Crippen LogP contribution in [-0.2, 0) is 4.79 Å². The number of hydrogen-bond acceptors (Lipinski definition) is 4. The van der Waals surface area contributed by atoms with Crippen molar-refractivity contribution in [3.8, 4) is 0 Å². The maximum absolute atomic E-state index is 11.0. The number of β-amino-alcohol motifs (C(OH)–C–C–N with tert-alkyl or cyclic N) is 1. The van der Waals surface area contributed by atoms with Gasteiger partial charge < -0.3 is 15.3 Å². The molecule has 1 saturated heterocycles. The van der Waals surface area contributed by atoms with E-state index in [1.54, 1.807) is 18.2 Å². The van der Waals surface area contributed by atoms with Crippen molar-refractivity contribution < 1.29 is 9.90 Å². The van der Waals surface area contributed by atoms with Crippen LogP contribution < -0.4 is 5.32 Å². The first-order chi connectivity index (χ1) is 9.06. The quantitative estimate of drug-likeness (QED) is 0.783. The Morgan fingerprint density at radius 3 is 3.05 bits per heavy atom. The second kappa shape index (κ2) is 6.08. The summed E-state index contributed by atoms with van der Waals surface area (Å²) in [6, 6.07) is 7.17. The molecule has 5 nitrogen and oxygen atoms in total. The molecule has 0 bridgehead atoms. The molecule has 1 fully saturated rings. The van der Waals surface area contributed by atoms with Crippen molar-refractivity contribution in [1.29, 1.82) is 5.41 Å². The first-order valence-electron chi connectivity index (χ1n) is 6.08. The second-order valence-electron chi connectivity index (χ2n) is 4.42. The largest absolute Gasteiger partial charge is 0.387 e. The molecule has 1 heterocycles. The van der Waals surface area contributed by atoms with Gasteiger partial charge in [-0.1, -0.05) is 23.9 Å². The van der Waals surface area contributed by atoms with E-state index >= 15 is 0 Å². The smallest absolute Gasteiger partial charge is 0.221 e. The third-order valence-electron chi connectivity index (χ3n) is 2.87. The number of thioether (sulfide) groups is 1. The van der Waals surface area contributed by atoms with E-state index in [9.17, 15) is 9.90 Å². The third kappa shape index (κ3) is 3.71. The maximum Gasteiger partial charge on any atom is 0.221 e. The third-order valence-corrected chi connectivity index (χ3v) is 3.79. The van der Waals surface area contributed by atoms with Crippen LogP contribution in [0.4, 0.5) is 5.69 Å². The number of carbonyl (C=O) groups is 1. The standard InChI is InChI=1S/C13H17N3O2S/c1-9(17)15-11-4-2-3-10(7-11)12(18)8-16-5-6-19-13(16)14/h2-4,7,12,14,18H,5-6,8H2,1H3,(H,15,17). The van der Waals surface area contributed by atoms with Gasteiger partial charge in [0, 0.05) is 31.5 Å². The zero-order chi connectivity index (χ0) is 13.8. The molecule has 19 heavy (non-hydrogen) atoms. The zero-order valence-corrected chi connectivity index (χ0v) is 11.5. The topological polar surface area (TPSA) is 76.4 Å². The molecule has 1 aromatic rings. The Morgan fingerprint density at radius 1 is 1.63 bits per heavy atom. The Labute approximate surface area is 116 Å². The molecule has 6 heteroatoms. The summed E-state index contributed by atoms with van der Waals surface area (Å²) in [6.07, 6.45) is -0.659. The molecule has 0 aliphatic carbocycles. The van der Waals surface area contributed by atoms with Gasteiger partial charge >= 0.3 is 0 Å². The molecule has 3 N–H and O–H groups in total. The SMILES string of the molecule is CC(=O)Nc1cccc(C(O)CN2CCSC2=N)c1. The summed E-state index contributed by atoms with van der Waals surface area (Å²) < 4.78 is 0. The molecule has 0 aromatic heterocycles. The van der Waals surface area contributed by atoms with E-state index < -0.39 is 6.10 Å². The van der Waals surface area contributed by atoms with Gasteiger partial charge in [0.25, 0.3) is 0 Å². The highest BCUT2D eigenvalue weighted by molar-refractivity contribution is 8.14. The fourth-order valence-corrected chi connectivity index (χ4v) is 2.81. The summed E-state index contributed by atoms with van der Waals surface area (Å²) in [4.78, 5) is 12.9. The minimum Gasteiger partial charge on any atom is -0.387 e. The van der Waals surface area contributed by atoms with Crippen LogP contribution >= 0.6 is 11.8 Å². The first kappa shape index (κ1) is 13.9. The molecule has 1 unspecified atom stereocenters. The highest BCUT2D eigenvalue weighted by atomic mass is 32.2. The van der Waals surface area contributed by atoms with Gasteiger partial charge in [-0.15, -0.1) is 0 Å². The molecule has 1 aliphatic heterocycles. The second-order valence-corrected chi connectivity index (χ2v) is 5.51. The zero-order valence-electron chi connectivity index (χ0n) is 10.7. The lowest BCUT2D eigenvalue weighted by molar-refractivity contribution is -0.114. The Morgan fingerprint density at radius 2 is 2.42 bits per heavy atom. The van der Waals surface area contributed by atoms with Crippen molar-refractivity contribution in [2.24, 2.45) is 0 Å². The van der Waals surface area contributed by atoms with Crippen molar-refractivity contribution >= 4 is 28.5 Å². The van der Waals surface area contributed by atoms with Crippen molar-refractivity contribution in [3.63, 3.8) is 0 Å². The number of nitrogens with one attached hydrogen (secondary N) is 2. The Bertz CT molecular complexity index is 493. The molecular weight excluding hydrogens is 262 g/mol. The number of hydrogen-bond donors (Lipinski definition) is 3. The summed E-state index contributed by atoms with van der Waals surface area (Å²) >= 11 is 1.50. The molecule has 1 amide bonds. The highest BCUT2D eigenvalue weighted by Crippen LogP contribution is 2.22. The van der Waals surface area contributed by atoms with Gasteiger partial charge in [-0.2, -0.15) is 0 Å². The van der Waals surface area contributed by atoms with Crippen LogP contribution in [0.5, 0.6) is 0 Å².